The first-order valence-corrected chi connectivity index (χ1v) is 9.69. The van der Waals surface area contributed by atoms with Gasteiger partial charge in [0.25, 0.3) is 11.8 Å². The van der Waals surface area contributed by atoms with Gasteiger partial charge < -0.3 is 10.4 Å². The van der Waals surface area contributed by atoms with E-state index in [1.807, 2.05) is 32.0 Å². The SMILES string of the molecule is Cc1ccc(C)c(N=C2NC(=O)/C(=C3/C(=O)N(CC(=O)O)c4ccccc43)S2)c1. The minimum atomic E-state index is -1.12. The molecule has 1 saturated heterocycles. The monoisotopic (exact) mass is 407 g/mol. The van der Waals surface area contributed by atoms with Gasteiger partial charge in [0.2, 0.25) is 0 Å². The number of rotatable bonds is 3. The van der Waals surface area contributed by atoms with E-state index in [1.54, 1.807) is 24.3 Å². The number of carbonyl (C=O) groups is 3. The van der Waals surface area contributed by atoms with Crippen LogP contribution < -0.4 is 10.2 Å². The second kappa shape index (κ2) is 7.21. The number of hydrogen-bond acceptors (Lipinski definition) is 5. The molecule has 0 aliphatic carbocycles. The van der Waals surface area contributed by atoms with Gasteiger partial charge in [-0.15, -0.1) is 0 Å². The third-order valence-electron chi connectivity index (χ3n) is 4.66. The standard InChI is InChI=1S/C21H17N3O4S/c1-11-7-8-12(2)14(9-11)22-21-23-19(27)18(29-21)17-13-5-3-4-6-15(13)24(20(17)28)10-16(25)26/h3-9H,10H2,1-2H3,(H,25,26)(H,22,23,27)/b18-17-. The number of thioether (sulfide) groups is 1. The highest BCUT2D eigenvalue weighted by Gasteiger charge is 2.39. The fourth-order valence-electron chi connectivity index (χ4n) is 3.28. The normalized spacial score (nSPS) is 19.7. The molecule has 0 bridgehead atoms. The Morgan fingerprint density at radius 1 is 1.17 bits per heavy atom. The number of hydrogen-bond donors (Lipinski definition) is 2. The Labute approximate surface area is 171 Å². The van der Waals surface area contributed by atoms with E-state index in [9.17, 15) is 14.4 Å². The molecule has 0 aromatic heterocycles. The number of nitrogens with one attached hydrogen (secondary N) is 1. The molecule has 2 aliphatic rings. The number of anilines is 1. The minimum absolute atomic E-state index is 0.204. The Bertz CT molecular complexity index is 1140. The Balaban J connectivity index is 1.77. The van der Waals surface area contributed by atoms with Crippen LogP contribution in [-0.2, 0) is 14.4 Å². The number of carbonyl (C=O) groups excluding carboxylic acids is 2. The molecule has 2 aromatic carbocycles. The molecule has 2 N–H and O–H groups in total. The number of carboxylic acids is 1. The Hall–Kier alpha value is -3.39. The van der Waals surface area contributed by atoms with Crippen LogP contribution in [0.5, 0.6) is 0 Å². The van der Waals surface area contributed by atoms with E-state index >= 15 is 0 Å². The number of para-hydroxylation sites is 1. The van der Waals surface area contributed by atoms with Crippen molar-refractivity contribution in [2.75, 3.05) is 11.4 Å². The average Bonchev–Trinajstić information content (AvgIpc) is 3.15. The molecule has 2 heterocycles. The lowest BCUT2D eigenvalue weighted by molar-refractivity contribution is -0.136. The van der Waals surface area contributed by atoms with Crippen molar-refractivity contribution in [2.24, 2.45) is 4.99 Å². The molecule has 1 fully saturated rings. The molecule has 0 atom stereocenters. The summed E-state index contributed by atoms with van der Waals surface area (Å²) in [6, 6.07) is 12.7. The van der Waals surface area contributed by atoms with Crippen molar-refractivity contribution in [2.45, 2.75) is 13.8 Å². The van der Waals surface area contributed by atoms with Gasteiger partial charge in [0.15, 0.2) is 5.17 Å². The van der Waals surface area contributed by atoms with E-state index in [0.29, 0.717) is 16.4 Å². The number of amides is 2. The zero-order valence-corrected chi connectivity index (χ0v) is 16.5. The van der Waals surface area contributed by atoms with E-state index in [4.69, 9.17) is 5.11 Å². The summed E-state index contributed by atoms with van der Waals surface area (Å²) in [5.41, 5.74) is 3.99. The quantitative estimate of drug-likeness (QED) is 0.762. The number of benzene rings is 2. The molecule has 0 saturated carbocycles. The summed E-state index contributed by atoms with van der Waals surface area (Å²) in [6.07, 6.45) is 0. The fraction of sp³-hybridized carbons (Fsp3) is 0.143. The first-order chi connectivity index (χ1) is 13.8. The lowest BCUT2D eigenvalue weighted by Crippen LogP contribution is -2.32. The van der Waals surface area contributed by atoms with Crippen molar-refractivity contribution >= 4 is 51.7 Å². The first-order valence-electron chi connectivity index (χ1n) is 8.87. The summed E-state index contributed by atoms with van der Waals surface area (Å²) in [5.74, 6) is -2.05. The number of aryl methyl sites for hydroxylation is 2. The predicted octanol–water partition coefficient (Wildman–Crippen LogP) is 3.00. The molecule has 2 aliphatic heterocycles. The third kappa shape index (κ3) is 3.42. The molecule has 2 aromatic rings. The number of aliphatic carboxylic acids is 1. The molecular weight excluding hydrogens is 390 g/mol. The maximum absolute atomic E-state index is 13.0. The maximum atomic E-state index is 13.0. The largest absolute Gasteiger partial charge is 0.480 e. The van der Waals surface area contributed by atoms with Crippen LogP contribution >= 0.6 is 11.8 Å². The van der Waals surface area contributed by atoms with Crippen molar-refractivity contribution in [3.63, 3.8) is 0 Å². The lowest BCUT2D eigenvalue weighted by Gasteiger charge is -2.13. The van der Waals surface area contributed by atoms with E-state index in [0.717, 1.165) is 28.6 Å². The summed E-state index contributed by atoms with van der Waals surface area (Å²) in [6.45, 7) is 3.42. The van der Waals surface area contributed by atoms with Crippen LogP contribution in [-0.4, -0.2) is 34.6 Å². The van der Waals surface area contributed by atoms with E-state index in [-0.39, 0.29) is 10.5 Å². The smallest absolute Gasteiger partial charge is 0.323 e. The molecule has 0 radical (unpaired) electrons. The van der Waals surface area contributed by atoms with E-state index in [2.05, 4.69) is 10.3 Å². The van der Waals surface area contributed by atoms with Crippen molar-refractivity contribution in [3.05, 3.63) is 64.1 Å². The average molecular weight is 407 g/mol. The number of aliphatic imine (C=N–C) groups is 1. The highest BCUT2D eigenvalue weighted by atomic mass is 32.2. The highest BCUT2D eigenvalue weighted by Crippen LogP contribution is 2.42. The van der Waals surface area contributed by atoms with E-state index in [1.165, 1.54) is 4.90 Å². The van der Waals surface area contributed by atoms with Gasteiger partial charge in [-0.2, -0.15) is 0 Å². The third-order valence-corrected chi connectivity index (χ3v) is 5.64. The van der Waals surface area contributed by atoms with Crippen LogP contribution in [0.4, 0.5) is 11.4 Å². The molecule has 4 rings (SSSR count). The van der Waals surface area contributed by atoms with Crippen molar-refractivity contribution < 1.29 is 19.5 Å². The van der Waals surface area contributed by atoms with Crippen LogP contribution in [0.3, 0.4) is 0 Å². The van der Waals surface area contributed by atoms with Gasteiger partial charge in [-0.25, -0.2) is 4.99 Å². The summed E-state index contributed by atoms with van der Waals surface area (Å²) in [5, 5.41) is 12.3. The van der Waals surface area contributed by atoms with Crippen LogP contribution in [0.1, 0.15) is 16.7 Å². The zero-order valence-electron chi connectivity index (χ0n) is 15.7. The second-order valence-electron chi connectivity index (χ2n) is 6.77. The topological polar surface area (TPSA) is 99.1 Å². The van der Waals surface area contributed by atoms with Gasteiger partial charge in [-0.05, 0) is 48.9 Å². The van der Waals surface area contributed by atoms with Crippen LogP contribution in [0.25, 0.3) is 5.57 Å². The molecular formula is C21H17N3O4S. The Morgan fingerprint density at radius 3 is 2.69 bits per heavy atom. The van der Waals surface area contributed by atoms with Gasteiger partial charge >= 0.3 is 5.97 Å². The van der Waals surface area contributed by atoms with E-state index < -0.39 is 24.3 Å². The van der Waals surface area contributed by atoms with Gasteiger partial charge in [0, 0.05) is 5.56 Å². The molecule has 29 heavy (non-hydrogen) atoms. The predicted molar refractivity (Wildman–Crippen MR) is 112 cm³/mol. The second-order valence-corrected chi connectivity index (χ2v) is 7.77. The number of nitrogens with zero attached hydrogens (tertiary/aromatic N) is 2. The molecule has 0 spiro atoms. The highest BCUT2D eigenvalue weighted by molar-refractivity contribution is 8.18. The first kappa shape index (κ1) is 18.9. The Kier molecular flexibility index (Phi) is 4.71. The zero-order chi connectivity index (χ0) is 20.7. The summed E-state index contributed by atoms with van der Waals surface area (Å²) in [7, 11) is 0. The van der Waals surface area contributed by atoms with Crippen LogP contribution in [0.15, 0.2) is 52.4 Å². The summed E-state index contributed by atoms with van der Waals surface area (Å²) in [4.78, 5) is 42.7. The van der Waals surface area contributed by atoms with Gasteiger partial charge in [-0.1, -0.05) is 30.3 Å². The Morgan fingerprint density at radius 2 is 1.93 bits per heavy atom. The van der Waals surface area contributed by atoms with Crippen LogP contribution in [0, 0.1) is 13.8 Å². The molecule has 0 unspecified atom stereocenters. The van der Waals surface area contributed by atoms with Gasteiger partial charge in [0.1, 0.15) is 6.54 Å². The number of carboxylic acid groups (broad SMARTS) is 1. The fourth-order valence-corrected chi connectivity index (χ4v) is 4.20. The molecule has 146 valence electrons. The molecule has 8 heteroatoms. The minimum Gasteiger partial charge on any atom is -0.480 e. The van der Waals surface area contributed by atoms with Crippen LogP contribution in [0.2, 0.25) is 0 Å². The van der Waals surface area contributed by atoms with Crippen molar-refractivity contribution in [3.8, 4) is 0 Å². The molecule has 7 nitrogen and oxygen atoms in total. The lowest BCUT2D eigenvalue weighted by atomic mass is 10.1. The van der Waals surface area contributed by atoms with Gasteiger partial charge in [-0.3, -0.25) is 19.3 Å². The number of fused-ring (bicyclic) bond motifs is 1. The van der Waals surface area contributed by atoms with Gasteiger partial charge in [0.05, 0.1) is 21.9 Å². The molecule has 2 amide bonds. The van der Waals surface area contributed by atoms with Crippen molar-refractivity contribution in [1.82, 2.24) is 5.32 Å². The number of amidine groups is 1. The van der Waals surface area contributed by atoms with Crippen molar-refractivity contribution in [1.29, 1.82) is 0 Å². The summed E-state index contributed by atoms with van der Waals surface area (Å²) < 4.78 is 0. The maximum Gasteiger partial charge on any atom is 0.323 e. The summed E-state index contributed by atoms with van der Waals surface area (Å²) >= 11 is 1.09.